The van der Waals surface area contributed by atoms with Gasteiger partial charge in [0, 0.05) is 5.56 Å². The Labute approximate surface area is 122 Å². The molecule has 5 N–H and O–H groups in total. The molecule has 0 atom stereocenters. The largest absolute Gasteiger partial charge is 0.495 e. The fourth-order valence-corrected chi connectivity index (χ4v) is 1.81. The SMILES string of the molecule is COc1ccccc1NC(=O)c1cccc(N=C(N)N)c1. The number of nitrogens with zero attached hydrogens (tertiary/aromatic N) is 1. The number of carbonyl (C=O) groups is 1. The van der Waals surface area contributed by atoms with Gasteiger partial charge in [-0.25, -0.2) is 4.99 Å². The number of methoxy groups -OCH3 is 1. The van der Waals surface area contributed by atoms with Crippen LogP contribution in [-0.4, -0.2) is 19.0 Å². The molecule has 0 aliphatic heterocycles. The van der Waals surface area contributed by atoms with E-state index in [1.165, 1.54) is 0 Å². The summed E-state index contributed by atoms with van der Waals surface area (Å²) in [5, 5.41) is 2.78. The van der Waals surface area contributed by atoms with Crippen molar-refractivity contribution in [3.63, 3.8) is 0 Å². The Morgan fingerprint density at radius 1 is 1.14 bits per heavy atom. The van der Waals surface area contributed by atoms with Gasteiger partial charge in [-0.3, -0.25) is 4.79 Å². The third kappa shape index (κ3) is 3.73. The molecule has 2 aromatic carbocycles. The number of nitrogens with two attached hydrogens (primary N) is 2. The molecule has 108 valence electrons. The van der Waals surface area contributed by atoms with E-state index in [9.17, 15) is 4.79 Å². The highest BCUT2D eigenvalue weighted by molar-refractivity contribution is 6.05. The van der Waals surface area contributed by atoms with Crippen LogP contribution in [0.15, 0.2) is 53.5 Å². The lowest BCUT2D eigenvalue weighted by Gasteiger charge is -2.10. The van der Waals surface area contributed by atoms with Gasteiger partial charge in [-0.1, -0.05) is 18.2 Å². The lowest BCUT2D eigenvalue weighted by molar-refractivity contribution is 0.102. The average Bonchev–Trinajstić information content (AvgIpc) is 2.47. The van der Waals surface area contributed by atoms with E-state index in [-0.39, 0.29) is 11.9 Å². The average molecular weight is 284 g/mol. The molecule has 21 heavy (non-hydrogen) atoms. The Morgan fingerprint density at radius 2 is 1.90 bits per heavy atom. The van der Waals surface area contributed by atoms with Crippen LogP contribution in [0.3, 0.4) is 0 Å². The Balaban J connectivity index is 2.22. The summed E-state index contributed by atoms with van der Waals surface area (Å²) in [6.45, 7) is 0. The maximum Gasteiger partial charge on any atom is 0.255 e. The second-order valence-electron chi connectivity index (χ2n) is 4.24. The predicted octanol–water partition coefficient (Wildman–Crippen LogP) is 1.85. The molecule has 0 heterocycles. The van der Waals surface area contributed by atoms with E-state index in [0.29, 0.717) is 22.7 Å². The van der Waals surface area contributed by atoms with Crippen molar-refractivity contribution in [2.24, 2.45) is 16.5 Å². The molecule has 0 unspecified atom stereocenters. The molecule has 6 heteroatoms. The second-order valence-corrected chi connectivity index (χ2v) is 4.24. The molecule has 0 fully saturated rings. The Hall–Kier alpha value is -3.02. The highest BCUT2D eigenvalue weighted by Gasteiger charge is 2.09. The number of anilines is 1. The molecule has 1 amide bonds. The van der Waals surface area contributed by atoms with Gasteiger partial charge < -0.3 is 21.5 Å². The molecule has 0 spiro atoms. The number of nitrogens with one attached hydrogen (secondary N) is 1. The standard InChI is InChI=1S/C15H16N4O2/c1-21-13-8-3-2-7-12(13)19-14(20)10-5-4-6-11(9-10)18-15(16)17/h2-9H,1H3,(H,19,20)(H4,16,17,18). The van der Waals surface area contributed by atoms with Gasteiger partial charge in [0.25, 0.3) is 5.91 Å². The number of rotatable bonds is 4. The minimum atomic E-state index is -0.271. The first-order valence-corrected chi connectivity index (χ1v) is 6.24. The monoisotopic (exact) mass is 284 g/mol. The van der Waals surface area contributed by atoms with Crippen LogP contribution in [-0.2, 0) is 0 Å². The fraction of sp³-hybridized carbons (Fsp3) is 0.0667. The molecule has 0 radical (unpaired) electrons. The lowest BCUT2D eigenvalue weighted by atomic mass is 10.2. The first-order valence-electron chi connectivity index (χ1n) is 6.24. The summed E-state index contributed by atoms with van der Waals surface area (Å²) >= 11 is 0. The third-order valence-corrected chi connectivity index (χ3v) is 2.72. The van der Waals surface area contributed by atoms with Gasteiger partial charge in [-0.2, -0.15) is 0 Å². The zero-order valence-electron chi connectivity index (χ0n) is 11.5. The second kappa shape index (κ2) is 6.42. The Morgan fingerprint density at radius 3 is 2.62 bits per heavy atom. The molecular weight excluding hydrogens is 268 g/mol. The molecule has 0 saturated carbocycles. The molecule has 0 bridgehead atoms. The minimum absolute atomic E-state index is 0.0581. The number of carbonyl (C=O) groups excluding carboxylic acids is 1. The van der Waals surface area contributed by atoms with Crippen LogP contribution in [0.5, 0.6) is 5.75 Å². The summed E-state index contributed by atoms with van der Waals surface area (Å²) in [5.74, 6) is 0.260. The number of hydrogen-bond acceptors (Lipinski definition) is 3. The van der Waals surface area contributed by atoms with Crippen molar-refractivity contribution in [3.8, 4) is 5.75 Å². The van der Waals surface area contributed by atoms with Crippen LogP contribution in [0.2, 0.25) is 0 Å². The van der Waals surface area contributed by atoms with Gasteiger partial charge in [0.05, 0.1) is 18.5 Å². The van der Waals surface area contributed by atoms with Gasteiger partial charge in [0.1, 0.15) is 5.75 Å². The summed E-state index contributed by atoms with van der Waals surface area (Å²) in [6, 6.07) is 13.9. The molecular formula is C15H16N4O2. The highest BCUT2D eigenvalue weighted by atomic mass is 16.5. The van der Waals surface area contributed by atoms with E-state index >= 15 is 0 Å². The molecule has 0 saturated heterocycles. The van der Waals surface area contributed by atoms with Gasteiger partial charge >= 0.3 is 0 Å². The van der Waals surface area contributed by atoms with E-state index in [0.717, 1.165) is 0 Å². The van der Waals surface area contributed by atoms with E-state index in [2.05, 4.69) is 10.3 Å². The smallest absolute Gasteiger partial charge is 0.255 e. The summed E-state index contributed by atoms with van der Waals surface area (Å²) in [5.41, 5.74) is 12.2. The van der Waals surface area contributed by atoms with Crippen LogP contribution >= 0.6 is 0 Å². The van der Waals surface area contributed by atoms with Crippen LogP contribution < -0.4 is 21.5 Å². The molecule has 0 aliphatic rings. The summed E-state index contributed by atoms with van der Waals surface area (Å²) in [4.78, 5) is 16.2. The van der Waals surface area contributed by atoms with Crippen LogP contribution in [0.4, 0.5) is 11.4 Å². The molecule has 0 aliphatic carbocycles. The molecule has 2 aromatic rings. The summed E-state index contributed by atoms with van der Waals surface area (Å²) < 4.78 is 5.19. The van der Waals surface area contributed by atoms with Gasteiger partial charge in [-0.15, -0.1) is 0 Å². The topological polar surface area (TPSA) is 103 Å². The fourth-order valence-electron chi connectivity index (χ4n) is 1.81. The highest BCUT2D eigenvalue weighted by Crippen LogP contribution is 2.24. The molecule has 2 rings (SSSR count). The number of benzene rings is 2. The number of guanidine groups is 1. The van der Waals surface area contributed by atoms with Crippen molar-refractivity contribution >= 4 is 23.2 Å². The molecule has 0 aromatic heterocycles. The quantitative estimate of drug-likeness (QED) is 0.589. The Kier molecular flexibility index (Phi) is 4.40. The molecule has 6 nitrogen and oxygen atoms in total. The third-order valence-electron chi connectivity index (χ3n) is 2.72. The zero-order valence-corrected chi connectivity index (χ0v) is 11.5. The van der Waals surface area contributed by atoms with Crippen molar-refractivity contribution in [1.29, 1.82) is 0 Å². The number of amides is 1. The van der Waals surface area contributed by atoms with Crippen molar-refractivity contribution in [2.45, 2.75) is 0 Å². The zero-order chi connectivity index (χ0) is 15.2. The first kappa shape index (κ1) is 14.4. The lowest BCUT2D eigenvalue weighted by Crippen LogP contribution is -2.22. The predicted molar refractivity (Wildman–Crippen MR) is 82.9 cm³/mol. The number of ether oxygens (including phenoxy) is 1. The maximum absolute atomic E-state index is 12.2. The van der Waals surface area contributed by atoms with Crippen LogP contribution in [0.1, 0.15) is 10.4 Å². The number of para-hydroxylation sites is 2. The van der Waals surface area contributed by atoms with Crippen molar-refractivity contribution < 1.29 is 9.53 Å². The van der Waals surface area contributed by atoms with E-state index < -0.39 is 0 Å². The first-order chi connectivity index (χ1) is 10.1. The minimum Gasteiger partial charge on any atom is -0.495 e. The van der Waals surface area contributed by atoms with Crippen molar-refractivity contribution in [1.82, 2.24) is 0 Å². The summed E-state index contributed by atoms with van der Waals surface area (Å²) in [6.07, 6.45) is 0. The van der Waals surface area contributed by atoms with E-state index in [4.69, 9.17) is 16.2 Å². The number of aliphatic imine (C=N–C) groups is 1. The van der Waals surface area contributed by atoms with Gasteiger partial charge in [-0.05, 0) is 30.3 Å². The van der Waals surface area contributed by atoms with Gasteiger partial charge in [0.15, 0.2) is 5.96 Å². The van der Waals surface area contributed by atoms with Gasteiger partial charge in [0.2, 0.25) is 0 Å². The number of hydrogen-bond donors (Lipinski definition) is 3. The van der Waals surface area contributed by atoms with Crippen LogP contribution in [0, 0.1) is 0 Å². The maximum atomic E-state index is 12.2. The van der Waals surface area contributed by atoms with E-state index in [1.807, 2.05) is 12.1 Å². The van der Waals surface area contributed by atoms with Crippen molar-refractivity contribution in [2.75, 3.05) is 12.4 Å². The normalized spacial score (nSPS) is 9.76. The van der Waals surface area contributed by atoms with E-state index in [1.54, 1.807) is 43.5 Å². The summed E-state index contributed by atoms with van der Waals surface area (Å²) in [7, 11) is 1.55. The van der Waals surface area contributed by atoms with Crippen molar-refractivity contribution in [3.05, 3.63) is 54.1 Å². The van der Waals surface area contributed by atoms with Crippen LogP contribution in [0.25, 0.3) is 0 Å². The Bertz CT molecular complexity index is 679.